The molecule has 0 unspecified atom stereocenters. The Bertz CT molecular complexity index is 1190. The lowest BCUT2D eigenvalue weighted by molar-refractivity contribution is 0.102. The van der Waals surface area contributed by atoms with Crippen molar-refractivity contribution in [2.75, 3.05) is 10.0 Å². The monoisotopic (exact) mass is 423 g/mol. The van der Waals surface area contributed by atoms with E-state index in [0.29, 0.717) is 16.9 Å². The predicted molar refractivity (Wildman–Crippen MR) is 120 cm³/mol. The van der Waals surface area contributed by atoms with Gasteiger partial charge < -0.3 is 5.32 Å². The van der Waals surface area contributed by atoms with Gasteiger partial charge in [0.05, 0.1) is 4.90 Å². The minimum absolute atomic E-state index is 0.287. The van der Waals surface area contributed by atoms with E-state index in [2.05, 4.69) is 15.0 Å². The molecule has 3 rings (SSSR count). The lowest BCUT2D eigenvalue weighted by Crippen LogP contribution is -2.18. The van der Waals surface area contributed by atoms with Crippen LogP contribution in [0.4, 0.5) is 11.4 Å². The van der Waals surface area contributed by atoms with E-state index in [-0.39, 0.29) is 10.8 Å². The van der Waals surface area contributed by atoms with Gasteiger partial charge in [-0.3, -0.25) is 14.5 Å². The molecule has 0 aliphatic rings. The van der Waals surface area contributed by atoms with Crippen molar-refractivity contribution in [1.29, 1.82) is 0 Å². The topological polar surface area (TPSA) is 88.2 Å². The number of amides is 1. The predicted octanol–water partition coefficient (Wildman–Crippen LogP) is 4.68. The van der Waals surface area contributed by atoms with E-state index in [1.807, 2.05) is 34.6 Å². The minimum Gasteiger partial charge on any atom is -0.322 e. The first-order chi connectivity index (χ1) is 14.1. The van der Waals surface area contributed by atoms with E-state index in [0.717, 1.165) is 27.8 Å². The number of aromatic nitrogens is 1. The molecule has 0 bridgehead atoms. The summed E-state index contributed by atoms with van der Waals surface area (Å²) < 4.78 is 29.1. The van der Waals surface area contributed by atoms with Crippen LogP contribution in [0.25, 0.3) is 0 Å². The molecule has 1 aromatic heterocycles. The van der Waals surface area contributed by atoms with Gasteiger partial charge in [-0.2, -0.15) is 0 Å². The highest BCUT2D eigenvalue weighted by Crippen LogP contribution is 2.31. The summed E-state index contributed by atoms with van der Waals surface area (Å²) in [6.07, 6.45) is 3.16. The number of anilines is 2. The molecule has 0 spiro atoms. The lowest BCUT2D eigenvalue weighted by atomic mass is 9.95. The van der Waals surface area contributed by atoms with Crippen molar-refractivity contribution >= 4 is 27.3 Å². The summed E-state index contributed by atoms with van der Waals surface area (Å²) in [5.74, 6) is -0.336. The van der Waals surface area contributed by atoms with E-state index in [9.17, 15) is 13.2 Å². The molecule has 1 amide bonds. The number of rotatable bonds is 5. The van der Waals surface area contributed by atoms with Crippen LogP contribution in [0.5, 0.6) is 0 Å². The van der Waals surface area contributed by atoms with Crippen LogP contribution in [0.3, 0.4) is 0 Å². The summed E-state index contributed by atoms with van der Waals surface area (Å²) in [6.45, 7) is 9.50. The molecule has 30 heavy (non-hydrogen) atoms. The second-order valence-corrected chi connectivity index (χ2v) is 8.95. The summed E-state index contributed by atoms with van der Waals surface area (Å²) in [7, 11) is -3.83. The van der Waals surface area contributed by atoms with Crippen molar-refractivity contribution in [1.82, 2.24) is 4.98 Å². The van der Waals surface area contributed by atoms with Gasteiger partial charge in [-0.05, 0) is 92.8 Å². The Labute approximate surface area is 177 Å². The summed E-state index contributed by atoms with van der Waals surface area (Å²) in [4.78, 5) is 16.7. The molecule has 0 atom stereocenters. The van der Waals surface area contributed by atoms with Crippen LogP contribution in [0.2, 0.25) is 0 Å². The first-order valence-corrected chi connectivity index (χ1v) is 11.0. The number of hydrogen-bond acceptors (Lipinski definition) is 4. The first-order valence-electron chi connectivity index (χ1n) is 9.53. The van der Waals surface area contributed by atoms with Crippen LogP contribution in [-0.4, -0.2) is 19.3 Å². The number of sulfonamides is 1. The average Bonchev–Trinajstić information content (AvgIpc) is 2.71. The van der Waals surface area contributed by atoms with Crippen LogP contribution in [0, 0.1) is 34.6 Å². The van der Waals surface area contributed by atoms with Crippen LogP contribution in [0.15, 0.2) is 53.7 Å². The van der Waals surface area contributed by atoms with E-state index in [4.69, 9.17) is 0 Å². The van der Waals surface area contributed by atoms with Crippen molar-refractivity contribution < 1.29 is 13.2 Å². The average molecular weight is 424 g/mol. The molecule has 3 aromatic rings. The van der Waals surface area contributed by atoms with Gasteiger partial charge in [0.2, 0.25) is 0 Å². The van der Waals surface area contributed by atoms with Gasteiger partial charge in [0.1, 0.15) is 0 Å². The lowest BCUT2D eigenvalue weighted by Gasteiger charge is -2.19. The summed E-state index contributed by atoms with van der Waals surface area (Å²) >= 11 is 0. The Morgan fingerprint density at radius 2 is 1.37 bits per heavy atom. The SMILES string of the molecule is Cc1c(C)c(C)c(S(=O)(=O)Nc2cccc(C(=O)Nc3ccncc3)c2)c(C)c1C. The zero-order valence-electron chi connectivity index (χ0n) is 17.7. The van der Waals surface area contributed by atoms with E-state index >= 15 is 0 Å². The van der Waals surface area contributed by atoms with Crippen LogP contribution in [0.1, 0.15) is 38.2 Å². The van der Waals surface area contributed by atoms with Gasteiger partial charge in [-0.1, -0.05) is 6.07 Å². The third-order valence-electron chi connectivity index (χ3n) is 5.52. The Kier molecular flexibility index (Phi) is 5.94. The second kappa shape index (κ2) is 8.28. The first kappa shape index (κ1) is 21.5. The van der Waals surface area contributed by atoms with Crippen LogP contribution in [-0.2, 0) is 10.0 Å². The molecule has 0 saturated heterocycles. The van der Waals surface area contributed by atoms with Crippen molar-refractivity contribution in [3.8, 4) is 0 Å². The number of nitrogens with zero attached hydrogens (tertiary/aromatic N) is 1. The second-order valence-electron chi connectivity index (χ2n) is 7.33. The van der Waals surface area contributed by atoms with Gasteiger partial charge in [0, 0.05) is 29.3 Å². The van der Waals surface area contributed by atoms with E-state index < -0.39 is 10.0 Å². The van der Waals surface area contributed by atoms with Crippen molar-refractivity contribution in [3.63, 3.8) is 0 Å². The zero-order chi connectivity index (χ0) is 22.1. The molecular weight excluding hydrogens is 398 g/mol. The van der Waals surface area contributed by atoms with E-state index in [1.54, 1.807) is 42.7 Å². The molecule has 0 aliphatic carbocycles. The maximum atomic E-state index is 13.2. The number of nitrogens with one attached hydrogen (secondary N) is 2. The highest BCUT2D eigenvalue weighted by Gasteiger charge is 2.24. The fraction of sp³-hybridized carbons (Fsp3) is 0.217. The molecule has 2 N–H and O–H groups in total. The maximum absolute atomic E-state index is 13.2. The highest BCUT2D eigenvalue weighted by atomic mass is 32.2. The molecule has 156 valence electrons. The van der Waals surface area contributed by atoms with Crippen molar-refractivity contribution in [2.45, 2.75) is 39.5 Å². The summed E-state index contributed by atoms with van der Waals surface area (Å²) in [5.41, 5.74) is 5.76. The Morgan fingerprint density at radius 3 is 1.97 bits per heavy atom. The standard InChI is InChI=1S/C23H25N3O3S/c1-14-15(2)17(4)22(18(5)16(14)3)30(28,29)26-21-8-6-7-19(13-21)23(27)25-20-9-11-24-12-10-20/h6-13,26H,1-5H3,(H,24,25,27). The number of pyridine rings is 1. The third-order valence-corrected chi connectivity index (χ3v) is 7.17. The fourth-order valence-corrected chi connectivity index (χ4v) is 5.09. The summed E-state index contributed by atoms with van der Waals surface area (Å²) in [5, 5.41) is 2.76. The van der Waals surface area contributed by atoms with Crippen molar-refractivity contribution in [3.05, 3.63) is 82.2 Å². The Hall–Kier alpha value is -3.19. The highest BCUT2D eigenvalue weighted by molar-refractivity contribution is 7.92. The smallest absolute Gasteiger partial charge is 0.262 e. The minimum atomic E-state index is -3.83. The van der Waals surface area contributed by atoms with Gasteiger partial charge in [0.15, 0.2) is 0 Å². The van der Waals surface area contributed by atoms with Gasteiger partial charge in [-0.15, -0.1) is 0 Å². The van der Waals surface area contributed by atoms with Crippen LogP contribution < -0.4 is 10.0 Å². The molecule has 0 radical (unpaired) electrons. The van der Waals surface area contributed by atoms with E-state index in [1.165, 1.54) is 6.07 Å². The Balaban J connectivity index is 1.92. The molecule has 2 aromatic carbocycles. The number of benzene rings is 2. The molecular formula is C23H25N3O3S. The third kappa shape index (κ3) is 4.21. The number of carbonyl (C=O) groups is 1. The largest absolute Gasteiger partial charge is 0.322 e. The van der Waals surface area contributed by atoms with Gasteiger partial charge in [0.25, 0.3) is 15.9 Å². The summed E-state index contributed by atoms with van der Waals surface area (Å²) in [6, 6.07) is 9.78. The molecule has 1 heterocycles. The molecule has 0 aliphatic heterocycles. The van der Waals surface area contributed by atoms with Crippen molar-refractivity contribution in [2.24, 2.45) is 0 Å². The van der Waals surface area contributed by atoms with Crippen LogP contribution >= 0.6 is 0 Å². The number of hydrogen-bond donors (Lipinski definition) is 2. The van der Waals surface area contributed by atoms with Gasteiger partial charge in [-0.25, -0.2) is 8.42 Å². The molecule has 7 heteroatoms. The zero-order valence-corrected chi connectivity index (χ0v) is 18.5. The maximum Gasteiger partial charge on any atom is 0.262 e. The molecule has 0 saturated carbocycles. The Morgan fingerprint density at radius 1 is 0.800 bits per heavy atom. The quantitative estimate of drug-likeness (QED) is 0.624. The molecule has 0 fully saturated rings. The fourth-order valence-electron chi connectivity index (χ4n) is 3.44. The molecule has 6 nitrogen and oxygen atoms in total. The normalized spacial score (nSPS) is 11.2. The van der Waals surface area contributed by atoms with Gasteiger partial charge >= 0.3 is 0 Å². The number of carbonyl (C=O) groups excluding carboxylic acids is 1.